The summed E-state index contributed by atoms with van der Waals surface area (Å²) in [5, 5.41) is 4.89. The summed E-state index contributed by atoms with van der Waals surface area (Å²) < 4.78 is 0. The third kappa shape index (κ3) is 2.09. The molecule has 0 atom stereocenters. The molecule has 0 radical (unpaired) electrons. The Bertz CT molecular complexity index is 1030. The molecule has 0 unspecified atom stereocenters. The van der Waals surface area contributed by atoms with Crippen molar-refractivity contribution in [2.24, 2.45) is 0 Å². The molecule has 0 saturated heterocycles. The van der Waals surface area contributed by atoms with Crippen LogP contribution < -0.4 is 0 Å². The summed E-state index contributed by atoms with van der Waals surface area (Å²) in [5.41, 5.74) is 4.30. The minimum atomic E-state index is 0.382. The first-order valence-corrected chi connectivity index (χ1v) is 8.30. The van der Waals surface area contributed by atoms with Crippen LogP contribution in [0.25, 0.3) is 32.6 Å². The first-order valence-electron chi connectivity index (χ1n) is 8.30. The van der Waals surface area contributed by atoms with Gasteiger partial charge in [0.2, 0.25) is 0 Å². The highest BCUT2D eigenvalue weighted by molar-refractivity contribution is 6.22. The van der Waals surface area contributed by atoms with Crippen LogP contribution in [0.2, 0.25) is 0 Å². The summed E-state index contributed by atoms with van der Waals surface area (Å²) in [6, 6.07) is 17.0. The van der Waals surface area contributed by atoms with Crippen molar-refractivity contribution in [1.82, 2.24) is 9.97 Å². The Hall–Kier alpha value is -2.48. The highest BCUT2D eigenvalue weighted by Gasteiger charge is 2.15. The van der Waals surface area contributed by atoms with Gasteiger partial charge in [0.25, 0.3) is 0 Å². The molecule has 114 valence electrons. The smallest absolute Gasteiger partial charge is 0.0975 e. The first kappa shape index (κ1) is 14.1. The van der Waals surface area contributed by atoms with Crippen LogP contribution in [-0.4, -0.2) is 9.97 Å². The molecule has 0 fully saturated rings. The Morgan fingerprint density at radius 1 is 0.739 bits per heavy atom. The predicted molar refractivity (Wildman–Crippen MR) is 98.0 cm³/mol. The molecule has 3 aromatic carbocycles. The average molecular weight is 300 g/mol. The quantitative estimate of drug-likeness (QED) is 0.449. The van der Waals surface area contributed by atoms with Crippen LogP contribution in [0.15, 0.2) is 48.5 Å². The van der Waals surface area contributed by atoms with Gasteiger partial charge >= 0.3 is 0 Å². The molecular weight excluding hydrogens is 280 g/mol. The predicted octanol–water partition coefficient (Wildman–Crippen LogP) is 5.62. The standard InChI is InChI=1S/C21H20N2/c1-4-18-19(13(2)3)23-21-17-12-8-6-10-15(17)14-9-5-7-11-16(14)20(21)22-18/h5-13H,4H2,1-3H3. The lowest BCUT2D eigenvalue weighted by Crippen LogP contribution is -2.04. The summed E-state index contributed by atoms with van der Waals surface area (Å²) in [4.78, 5) is 10.1. The monoisotopic (exact) mass is 300 g/mol. The lowest BCUT2D eigenvalue weighted by atomic mass is 9.98. The number of hydrogen-bond acceptors (Lipinski definition) is 2. The number of hydrogen-bond donors (Lipinski definition) is 0. The molecule has 0 spiro atoms. The molecule has 2 heteroatoms. The van der Waals surface area contributed by atoms with E-state index in [4.69, 9.17) is 9.97 Å². The molecule has 4 rings (SSSR count). The van der Waals surface area contributed by atoms with Crippen molar-refractivity contribution in [3.05, 3.63) is 59.9 Å². The number of fused-ring (bicyclic) bond motifs is 6. The molecule has 0 N–H and O–H groups in total. The molecule has 0 bridgehead atoms. The van der Waals surface area contributed by atoms with Gasteiger partial charge in [0.05, 0.1) is 22.4 Å². The molecule has 1 aromatic heterocycles. The summed E-state index contributed by atoms with van der Waals surface area (Å²) in [5.74, 6) is 0.382. The molecule has 23 heavy (non-hydrogen) atoms. The van der Waals surface area contributed by atoms with E-state index in [0.717, 1.165) is 28.8 Å². The fraction of sp³-hybridized carbons (Fsp3) is 0.238. The van der Waals surface area contributed by atoms with E-state index in [1.54, 1.807) is 0 Å². The van der Waals surface area contributed by atoms with Gasteiger partial charge in [-0.1, -0.05) is 69.3 Å². The SMILES string of the molecule is CCc1nc2c3ccccc3c3ccccc3c2nc1C(C)C. The zero-order valence-corrected chi connectivity index (χ0v) is 13.8. The maximum atomic E-state index is 5.06. The highest BCUT2D eigenvalue weighted by atomic mass is 14.8. The summed E-state index contributed by atoms with van der Waals surface area (Å²) in [6.07, 6.45) is 0.914. The first-order chi connectivity index (χ1) is 11.2. The van der Waals surface area contributed by atoms with Crippen molar-refractivity contribution < 1.29 is 0 Å². The van der Waals surface area contributed by atoms with Gasteiger partial charge < -0.3 is 0 Å². The molecule has 0 aliphatic carbocycles. The van der Waals surface area contributed by atoms with Crippen molar-refractivity contribution in [1.29, 1.82) is 0 Å². The molecule has 2 nitrogen and oxygen atoms in total. The van der Waals surface area contributed by atoms with E-state index in [-0.39, 0.29) is 0 Å². The van der Waals surface area contributed by atoms with E-state index in [9.17, 15) is 0 Å². The van der Waals surface area contributed by atoms with Gasteiger partial charge in [-0.3, -0.25) is 0 Å². The maximum absolute atomic E-state index is 5.06. The molecule has 0 aliphatic rings. The fourth-order valence-corrected chi connectivity index (χ4v) is 3.43. The van der Waals surface area contributed by atoms with E-state index in [1.807, 2.05) is 0 Å². The van der Waals surface area contributed by atoms with Crippen LogP contribution in [0.5, 0.6) is 0 Å². The molecule has 4 aromatic rings. The van der Waals surface area contributed by atoms with Crippen molar-refractivity contribution in [3.63, 3.8) is 0 Å². The molecule has 1 heterocycles. The Morgan fingerprint density at radius 2 is 1.22 bits per heavy atom. The van der Waals surface area contributed by atoms with Crippen LogP contribution >= 0.6 is 0 Å². The lowest BCUT2D eigenvalue weighted by molar-refractivity contribution is 0.791. The number of rotatable bonds is 2. The van der Waals surface area contributed by atoms with E-state index in [0.29, 0.717) is 5.92 Å². The second-order valence-electron chi connectivity index (χ2n) is 6.35. The molecular formula is C21H20N2. The summed E-state index contributed by atoms with van der Waals surface area (Å²) in [7, 11) is 0. The van der Waals surface area contributed by atoms with Crippen LogP contribution in [0.3, 0.4) is 0 Å². The number of aryl methyl sites for hydroxylation is 1. The minimum absolute atomic E-state index is 0.382. The zero-order chi connectivity index (χ0) is 16.0. The van der Waals surface area contributed by atoms with E-state index in [2.05, 4.69) is 69.3 Å². The van der Waals surface area contributed by atoms with Crippen LogP contribution in [0.1, 0.15) is 38.1 Å². The largest absolute Gasteiger partial charge is 0.249 e. The van der Waals surface area contributed by atoms with Gasteiger partial charge in [-0.15, -0.1) is 0 Å². The van der Waals surface area contributed by atoms with Crippen LogP contribution in [0.4, 0.5) is 0 Å². The van der Waals surface area contributed by atoms with Gasteiger partial charge in [0, 0.05) is 10.8 Å². The van der Waals surface area contributed by atoms with E-state index < -0.39 is 0 Å². The maximum Gasteiger partial charge on any atom is 0.0975 e. The third-order valence-corrected chi connectivity index (χ3v) is 4.54. The van der Waals surface area contributed by atoms with Gasteiger partial charge in [0.1, 0.15) is 0 Å². The van der Waals surface area contributed by atoms with Crippen molar-refractivity contribution in [2.45, 2.75) is 33.1 Å². The zero-order valence-electron chi connectivity index (χ0n) is 13.8. The summed E-state index contributed by atoms with van der Waals surface area (Å²) >= 11 is 0. The second kappa shape index (κ2) is 5.31. The van der Waals surface area contributed by atoms with Crippen molar-refractivity contribution >= 4 is 32.6 Å². The minimum Gasteiger partial charge on any atom is -0.249 e. The van der Waals surface area contributed by atoms with Gasteiger partial charge in [0.15, 0.2) is 0 Å². The van der Waals surface area contributed by atoms with Gasteiger partial charge in [-0.2, -0.15) is 0 Å². The van der Waals surface area contributed by atoms with Gasteiger partial charge in [-0.25, -0.2) is 9.97 Å². The summed E-state index contributed by atoms with van der Waals surface area (Å²) in [6.45, 7) is 6.54. The molecule has 0 aliphatic heterocycles. The second-order valence-corrected chi connectivity index (χ2v) is 6.35. The third-order valence-electron chi connectivity index (χ3n) is 4.54. The number of aromatic nitrogens is 2. The Labute approximate surface area is 136 Å². The fourth-order valence-electron chi connectivity index (χ4n) is 3.43. The Morgan fingerprint density at radius 3 is 1.70 bits per heavy atom. The normalized spacial score (nSPS) is 11.8. The number of benzene rings is 3. The average Bonchev–Trinajstić information content (AvgIpc) is 2.60. The Balaban J connectivity index is 2.30. The Kier molecular flexibility index (Phi) is 3.26. The van der Waals surface area contributed by atoms with Crippen molar-refractivity contribution in [3.8, 4) is 0 Å². The van der Waals surface area contributed by atoms with E-state index >= 15 is 0 Å². The molecule has 0 saturated carbocycles. The highest BCUT2D eigenvalue weighted by Crippen LogP contribution is 2.34. The van der Waals surface area contributed by atoms with Crippen LogP contribution in [-0.2, 0) is 6.42 Å². The molecule has 0 amide bonds. The lowest BCUT2D eigenvalue weighted by Gasteiger charge is -2.14. The van der Waals surface area contributed by atoms with Gasteiger partial charge in [-0.05, 0) is 23.1 Å². The van der Waals surface area contributed by atoms with Crippen LogP contribution in [0, 0.1) is 0 Å². The van der Waals surface area contributed by atoms with Crippen molar-refractivity contribution in [2.75, 3.05) is 0 Å². The van der Waals surface area contributed by atoms with E-state index in [1.165, 1.54) is 21.5 Å². The topological polar surface area (TPSA) is 25.8 Å². The number of nitrogens with zero attached hydrogens (tertiary/aromatic N) is 2.